The van der Waals surface area contributed by atoms with Gasteiger partial charge in [0.25, 0.3) is 5.91 Å². The minimum Gasteiger partial charge on any atom is -0.309 e. The first-order valence-corrected chi connectivity index (χ1v) is 10.2. The number of amides is 1. The van der Waals surface area contributed by atoms with Crippen molar-refractivity contribution in [2.75, 3.05) is 32.1 Å². The highest BCUT2D eigenvalue weighted by Crippen LogP contribution is 2.32. The number of rotatable bonds is 6. The van der Waals surface area contributed by atoms with Crippen LogP contribution < -0.4 is 4.90 Å². The zero-order valence-electron chi connectivity index (χ0n) is 14.2. The van der Waals surface area contributed by atoms with Gasteiger partial charge in [-0.2, -0.15) is 0 Å². The molecule has 0 saturated carbocycles. The van der Waals surface area contributed by atoms with Gasteiger partial charge in [0.1, 0.15) is 4.88 Å². The standard InChI is InChI=1S/C16H18BrN5OS2/c1-10-14(25-20-19-10)15(23)22(8-4-7-21(2)3)16-18-12-6-5-11(17)9-13(12)24-16/h5-6,9H,4,7-8H2,1-3H3. The molecular weight excluding hydrogens is 422 g/mol. The fourth-order valence-electron chi connectivity index (χ4n) is 2.38. The number of benzene rings is 1. The molecule has 132 valence electrons. The summed E-state index contributed by atoms with van der Waals surface area (Å²) in [5, 5.41) is 4.68. The van der Waals surface area contributed by atoms with Gasteiger partial charge >= 0.3 is 0 Å². The molecule has 9 heteroatoms. The van der Waals surface area contributed by atoms with Crippen LogP contribution in [-0.2, 0) is 0 Å². The molecule has 1 amide bonds. The van der Waals surface area contributed by atoms with Gasteiger partial charge in [0.05, 0.1) is 15.9 Å². The van der Waals surface area contributed by atoms with Crippen molar-refractivity contribution in [3.63, 3.8) is 0 Å². The third-order valence-electron chi connectivity index (χ3n) is 3.65. The average molecular weight is 440 g/mol. The van der Waals surface area contributed by atoms with E-state index in [1.807, 2.05) is 39.2 Å². The minimum atomic E-state index is -0.0793. The molecule has 0 fully saturated rings. The molecule has 0 N–H and O–H groups in total. The van der Waals surface area contributed by atoms with Gasteiger partial charge in [-0.25, -0.2) is 4.98 Å². The summed E-state index contributed by atoms with van der Waals surface area (Å²) in [7, 11) is 4.05. The monoisotopic (exact) mass is 439 g/mol. The maximum absolute atomic E-state index is 13.0. The lowest BCUT2D eigenvalue weighted by Crippen LogP contribution is -2.33. The van der Waals surface area contributed by atoms with Crippen LogP contribution >= 0.6 is 38.8 Å². The summed E-state index contributed by atoms with van der Waals surface area (Å²) >= 11 is 6.14. The Kier molecular flexibility index (Phi) is 5.78. The molecule has 0 spiro atoms. The minimum absolute atomic E-state index is 0.0793. The molecule has 0 atom stereocenters. The number of anilines is 1. The van der Waals surface area contributed by atoms with Crippen molar-refractivity contribution in [3.05, 3.63) is 33.2 Å². The number of thiazole rings is 1. The Morgan fingerprint density at radius 3 is 2.76 bits per heavy atom. The van der Waals surface area contributed by atoms with E-state index in [0.29, 0.717) is 22.2 Å². The molecule has 2 heterocycles. The molecule has 0 aliphatic rings. The topological polar surface area (TPSA) is 62.2 Å². The van der Waals surface area contributed by atoms with Gasteiger partial charge in [-0.3, -0.25) is 9.69 Å². The molecule has 6 nitrogen and oxygen atoms in total. The summed E-state index contributed by atoms with van der Waals surface area (Å²) in [6.45, 7) is 3.32. The van der Waals surface area contributed by atoms with Crippen LogP contribution in [0.15, 0.2) is 22.7 Å². The largest absolute Gasteiger partial charge is 0.309 e. The first-order chi connectivity index (χ1) is 12.0. The van der Waals surface area contributed by atoms with Gasteiger partial charge in [-0.1, -0.05) is 31.8 Å². The van der Waals surface area contributed by atoms with Crippen LogP contribution in [0.2, 0.25) is 0 Å². The Hall–Kier alpha value is -1.42. The lowest BCUT2D eigenvalue weighted by Gasteiger charge is -2.20. The highest BCUT2D eigenvalue weighted by atomic mass is 79.9. The highest BCUT2D eigenvalue weighted by Gasteiger charge is 2.24. The van der Waals surface area contributed by atoms with Crippen LogP contribution in [0.5, 0.6) is 0 Å². The Labute approximate surface area is 162 Å². The molecule has 0 radical (unpaired) electrons. The van der Waals surface area contributed by atoms with Crippen molar-refractivity contribution in [3.8, 4) is 0 Å². The predicted molar refractivity (Wildman–Crippen MR) is 107 cm³/mol. The first kappa shape index (κ1) is 18.4. The second-order valence-corrected chi connectivity index (χ2v) is 8.59. The molecule has 25 heavy (non-hydrogen) atoms. The molecule has 0 bridgehead atoms. The van der Waals surface area contributed by atoms with Gasteiger partial charge in [0, 0.05) is 11.0 Å². The number of hydrogen-bond acceptors (Lipinski definition) is 7. The summed E-state index contributed by atoms with van der Waals surface area (Å²) in [5.41, 5.74) is 1.56. The highest BCUT2D eigenvalue weighted by molar-refractivity contribution is 9.10. The number of nitrogens with zero attached hydrogens (tertiary/aromatic N) is 5. The third kappa shape index (κ3) is 4.22. The summed E-state index contributed by atoms with van der Waals surface area (Å²) in [6, 6.07) is 5.95. The van der Waals surface area contributed by atoms with E-state index < -0.39 is 0 Å². The van der Waals surface area contributed by atoms with Crippen molar-refractivity contribution in [2.45, 2.75) is 13.3 Å². The zero-order valence-corrected chi connectivity index (χ0v) is 17.4. The summed E-state index contributed by atoms with van der Waals surface area (Å²) in [4.78, 5) is 22.1. The van der Waals surface area contributed by atoms with Gasteiger partial charge in [0.15, 0.2) is 5.13 Å². The summed E-state index contributed by atoms with van der Waals surface area (Å²) in [6.07, 6.45) is 0.865. The van der Waals surface area contributed by atoms with Gasteiger partial charge in [0.2, 0.25) is 0 Å². The number of aromatic nitrogens is 3. The predicted octanol–water partition coefficient (Wildman–Crippen LogP) is 3.82. The average Bonchev–Trinajstić information content (AvgIpc) is 3.16. The van der Waals surface area contributed by atoms with E-state index in [1.54, 1.807) is 4.90 Å². The lowest BCUT2D eigenvalue weighted by molar-refractivity contribution is 0.0989. The maximum atomic E-state index is 13.0. The second-order valence-electron chi connectivity index (χ2n) is 5.91. The smallest absolute Gasteiger partial charge is 0.273 e. The second kappa shape index (κ2) is 7.86. The van der Waals surface area contributed by atoms with Gasteiger partial charge in [-0.05, 0) is 63.7 Å². The number of aryl methyl sites for hydroxylation is 1. The fourth-order valence-corrected chi connectivity index (χ4v) is 4.53. The van der Waals surface area contributed by atoms with Crippen molar-refractivity contribution in [1.82, 2.24) is 19.5 Å². The van der Waals surface area contributed by atoms with Crippen LogP contribution in [0.25, 0.3) is 10.2 Å². The van der Waals surface area contributed by atoms with Crippen molar-refractivity contribution in [1.29, 1.82) is 0 Å². The number of carbonyl (C=O) groups is 1. The van der Waals surface area contributed by atoms with Crippen molar-refractivity contribution < 1.29 is 4.79 Å². The quantitative estimate of drug-likeness (QED) is 0.583. The SMILES string of the molecule is Cc1nnsc1C(=O)N(CCCN(C)C)c1nc2ccc(Br)cc2s1. The van der Waals surface area contributed by atoms with E-state index in [9.17, 15) is 4.79 Å². The van der Waals surface area contributed by atoms with E-state index in [2.05, 4.69) is 35.4 Å². The molecule has 3 aromatic rings. The molecule has 0 unspecified atom stereocenters. The summed E-state index contributed by atoms with van der Waals surface area (Å²) < 4.78 is 5.95. The molecule has 2 aromatic heterocycles. The van der Waals surface area contributed by atoms with E-state index in [4.69, 9.17) is 0 Å². The van der Waals surface area contributed by atoms with Crippen LogP contribution in [0.4, 0.5) is 5.13 Å². The lowest BCUT2D eigenvalue weighted by atomic mass is 10.3. The Balaban J connectivity index is 1.94. The number of carbonyl (C=O) groups excluding carboxylic acids is 1. The maximum Gasteiger partial charge on any atom is 0.273 e. The Bertz CT molecular complexity index is 892. The summed E-state index contributed by atoms with van der Waals surface area (Å²) in [5.74, 6) is -0.0793. The molecule has 0 aliphatic heterocycles. The van der Waals surface area contributed by atoms with E-state index in [-0.39, 0.29) is 5.91 Å². The molecule has 0 aliphatic carbocycles. The van der Waals surface area contributed by atoms with E-state index in [1.165, 1.54) is 11.3 Å². The van der Waals surface area contributed by atoms with Crippen molar-refractivity contribution >= 4 is 60.1 Å². The first-order valence-electron chi connectivity index (χ1n) is 7.77. The van der Waals surface area contributed by atoms with E-state index in [0.717, 1.165) is 39.2 Å². The number of halogens is 1. The Morgan fingerprint density at radius 1 is 1.28 bits per heavy atom. The van der Waals surface area contributed by atoms with Crippen molar-refractivity contribution in [2.24, 2.45) is 0 Å². The number of hydrogen-bond donors (Lipinski definition) is 0. The van der Waals surface area contributed by atoms with Crippen LogP contribution in [0.1, 0.15) is 21.8 Å². The van der Waals surface area contributed by atoms with E-state index >= 15 is 0 Å². The zero-order chi connectivity index (χ0) is 18.0. The Morgan fingerprint density at radius 2 is 2.08 bits per heavy atom. The molecule has 0 saturated heterocycles. The van der Waals surface area contributed by atoms with Crippen LogP contribution in [-0.4, -0.2) is 52.6 Å². The normalized spacial score (nSPS) is 11.4. The molecular formula is C16H18BrN5OS2. The molecule has 3 rings (SSSR count). The molecule has 1 aromatic carbocycles. The number of fused-ring (bicyclic) bond motifs is 1. The van der Waals surface area contributed by atoms with Crippen LogP contribution in [0, 0.1) is 6.92 Å². The van der Waals surface area contributed by atoms with Gasteiger partial charge < -0.3 is 4.90 Å². The third-order valence-corrected chi connectivity index (χ3v) is 6.00. The fraction of sp³-hybridized carbons (Fsp3) is 0.375. The van der Waals surface area contributed by atoms with Crippen LogP contribution in [0.3, 0.4) is 0 Å². The van der Waals surface area contributed by atoms with Gasteiger partial charge in [-0.15, -0.1) is 5.10 Å².